The van der Waals surface area contributed by atoms with E-state index in [4.69, 9.17) is 9.47 Å². The van der Waals surface area contributed by atoms with Crippen LogP contribution < -0.4 is 9.75 Å². The third-order valence-electron chi connectivity index (χ3n) is 5.76. The van der Waals surface area contributed by atoms with E-state index in [0.29, 0.717) is 12.0 Å². The Morgan fingerprint density at radius 1 is 1.23 bits per heavy atom. The smallest absolute Gasteiger partial charge is 0.327 e. The number of esters is 1. The lowest BCUT2D eigenvalue weighted by atomic mass is 10.1. The predicted molar refractivity (Wildman–Crippen MR) is 125 cm³/mol. The molecule has 0 radical (unpaired) electrons. The molecule has 0 bridgehead atoms. The maximum atomic E-state index is 14.9. The fraction of sp³-hybridized carbons (Fsp3) is 0.440. The molecule has 2 heterocycles. The lowest BCUT2D eigenvalue weighted by Crippen LogP contribution is -2.48. The fourth-order valence-corrected chi connectivity index (χ4v) is 3.88. The van der Waals surface area contributed by atoms with Gasteiger partial charge in [-0.2, -0.15) is 10.1 Å². The van der Waals surface area contributed by atoms with Gasteiger partial charge >= 0.3 is 5.97 Å². The van der Waals surface area contributed by atoms with Crippen molar-refractivity contribution in [1.82, 2.24) is 14.8 Å². The van der Waals surface area contributed by atoms with Crippen molar-refractivity contribution in [2.45, 2.75) is 58.4 Å². The van der Waals surface area contributed by atoms with E-state index in [2.05, 4.69) is 5.10 Å². The summed E-state index contributed by atoms with van der Waals surface area (Å²) in [7, 11) is 0. The van der Waals surface area contributed by atoms with Crippen molar-refractivity contribution in [3.05, 3.63) is 53.7 Å². The molecule has 1 fully saturated rings. The van der Waals surface area contributed by atoms with Crippen LogP contribution in [0.3, 0.4) is 0 Å². The number of rotatable bonds is 11. The van der Waals surface area contributed by atoms with Crippen molar-refractivity contribution in [1.29, 1.82) is 0 Å². The number of hydrogen-bond donors (Lipinski definition) is 0. The number of aromatic nitrogens is 2. The molecule has 4 rings (SSSR count). The second-order valence-electron chi connectivity index (χ2n) is 8.53. The summed E-state index contributed by atoms with van der Waals surface area (Å²) in [5.41, 5.74) is 0.618. The van der Waals surface area contributed by atoms with Gasteiger partial charge in [-0.05, 0) is 43.7 Å². The topological polar surface area (TPSA) is 94.0 Å². The average Bonchev–Trinajstić information content (AvgIpc) is 3.47. The zero-order chi connectivity index (χ0) is 24.9. The minimum absolute atomic E-state index is 0.0536. The van der Waals surface area contributed by atoms with Gasteiger partial charge in [0.15, 0.2) is 17.4 Å². The van der Waals surface area contributed by atoms with Crippen LogP contribution in [0.4, 0.5) is 10.2 Å². The highest BCUT2D eigenvalue weighted by atomic mass is 19.1. The number of unbranched alkanes of at least 4 members (excludes halogenated alkanes) is 1. The van der Waals surface area contributed by atoms with Crippen LogP contribution >= 0.6 is 0 Å². The standard InChI is InChI=1S/C25H29FN4O5/c1-3-5-9-22(31)30(21-12-13-28(27-21)16-24(33)34-4-2)29-15-18(14-23(29)32)35-20-8-6-7-19(25(20)26)17-10-11-17/h6-8,12-14,17H,3-5,9-11,15-16H2,1-2H3. The molecule has 1 aromatic carbocycles. The maximum Gasteiger partial charge on any atom is 0.327 e. The number of ether oxygens (including phenoxy) is 2. The van der Waals surface area contributed by atoms with Gasteiger partial charge in [0, 0.05) is 24.8 Å². The van der Waals surface area contributed by atoms with Crippen LogP contribution in [-0.2, 0) is 25.7 Å². The van der Waals surface area contributed by atoms with Crippen LogP contribution in [0.25, 0.3) is 0 Å². The van der Waals surface area contributed by atoms with Gasteiger partial charge in [0.1, 0.15) is 18.8 Å². The Labute approximate surface area is 203 Å². The van der Waals surface area contributed by atoms with Gasteiger partial charge in [0.05, 0.1) is 6.61 Å². The summed E-state index contributed by atoms with van der Waals surface area (Å²) < 4.78 is 26.9. The SMILES string of the molecule is CCCCC(=O)N(c1ccn(CC(=O)OCC)n1)N1CC(Oc2cccc(C3CC3)c2F)=CC1=O. The molecule has 186 valence electrons. The summed E-state index contributed by atoms with van der Waals surface area (Å²) in [5, 5.41) is 6.72. The van der Waals surface area contributed by atoms with E-state index in [0.717, 1.165) is 19.3 Å². The van der Waals surface area contributed by atoms with Gasteiger partial charge in [0.2, 0.25) is 5.91 Å². The number of nitrogens with zero attached hydrogens (tertiary/aromatic N) is 4. The highest BCUT2D eigenvalue weighted by Crippen LogP contribution is 2.43. The van der Waals surface area contributed by atoms with E-state index >= 15 is 0 Å². The third kappa shape index (κ3) is 5.70. The van der Waals surface area contributed by atoms with E-state index in [1.165, 1.54) is 33.0 Å². The normalized spacial score (nSPS) is 15.2. The minimum Gasteiger partial charge on any atom is -0.465 e. The number of carbonyl (C=O) groups is 3. The molecule has 0 spiro atoms. The predicted octanol–water partition coefficient (Wildman–Crippen LogP) is 3.71. The Balaban J connectivity index is 1.52. The molecule has 2 aliphatic rings. The number of anilines is 1. The Kier molecular flexibility index (Phi) is 7.48. The monoisotopic (exact) mass is 484 g/mol. The molecule has 1 aromatic heterocycles. The highest BCUT2D eigenvalue weighted by Gasteiger charge is 2.35. The van der Waals surface area contributed by atoms with Crippen molar-refractivity contribution in [2.24, 2.45) is 0 Å². The number of halogens is 1. The number of amides is 2. The van der Waals surface area contributed by atoms with Crippen LogP contribution in [0.1, 0.15) is 57.4 Å². The average molecular weight is 485 g/mol. The van der Waals surface area contributed by atoms with Crippen LogP contribution in [-0.4, -0.2) is 45.7 Å². The van der Waals surface area contributed by atoms with Gasteiger partial charge < -0.3 is 9.47 Å². The molecule has 0 atom stereocenters. The molecule has 1 saturated carbocycles. The van der Waals surface area contributed by atoms with E-state index < -0.39 is 17.7 Å². The molecule has 1 aliphatic heterocycles. The zero-order valence-electron chi connectivity index (χ0n) is 19.9. The van der Waals surface area contributed by atoms with Crippen molar-refractivity contribution < 1.29 is 28.2 Å². The summed E-state index contributed by atoms with van der Waals surface area (Å²) in [4.78, 5) is 37.8. The largest absolute Gasteiger partial charge is 0.465 e. The van der Waals surface area contributed by atoms with Crippen molar-refractivity contribution in [3.8, 4) is 5.75 Å². The van der Waals surface area contributed by atoms with Gasteiger partial charge in [-0.1, -0.05) is 25.5 Å². The highest BCUT2D eigenvalue weighted by molar-refractivity contribution is 6.00. The van der Waals surface area contributed by atoms with Crippen LogP contribution in [0.15, 0.2) is 42.3 Å². The molecule has 0 saturated heterocycles. The Morgan fingerprint density at radius 3 is 2.74 bits per heavy atom. The van der Waals surface area contributed by atoms with Gasteiger partial charge in [0.25, 0.3) is 5.91 Å². The zero-order valence-corrected chi connectivity index (χ0v) is 19.9. The quantitative estimate of drug-likeness (QED) is 0.452. The lowest BCUT2D eigenvalue weighted by Gasteiger charge is -2.29. The molecular weight excluding hydrogens is 455 g/mol. The first-order chi connectivity index (χ1) is 16.9. The molecular formula is C25H29FN4O5. The molecule has 2 amide bonds. The second kappa shape index (κ2) is 10.7. The summed E-state index contributed by atoms with van der Waals surface area (Å²) in [6.07, 6.45) is 6.33. The van der Waals surface area contributed by atoms with Crippen molar-refractivity contribution >= 4 is 23.6 Å². The molecule has 1 aliphatic carbocycles. The molecule has 9 nitrogen and oxygen atoms in total. The Bertz CT molecular complexity index is 1140. The Morgan fingerprint density at radius 2 is 2.03 bits per heavy atom. The molecule has 0 unspecified atom stereocenters. The number of hydrazine groups is 1. The fourth-order valence-electron chi connectivity index (χ4n) is 3.88. The first-order valence-electron chi connectivity index (χ1n) is 11.9. The van der Waals surface area contributed by atoms with E-state index in [9.17, 15) is 18.8 Å². The summed E-state index contributed by atoms with van der Waals surface area (Å²) >= 11 is 0. The maximum absolute atomic E-state index is 14.9. The molecule has 2 aromatic rings. The number of hydrogen-bond acceptors (Lipinski definition) is 6. The number of benzene rings is 1. The molecule has 35 heavy (non-hydrogen) atoms. The first-order valence-corrected chi connectivity index (χ1v) is 11.9. The van der Waals surface area contributed by atoms with Gasteiger partial charge in [-0.15, -0.1) is 0 Å². The molecule has 10 heteroatoms. The summed E-state index contributed by atoms with van der Waals surface area (Å²) in [5.74, 6) is -1.00. The number of carbonyl (C=O) groups excluding carboxylic acids is 3. The minimum atomic E-state index is -0.483. The van der Waals surface area contributed by atoms with E-state index in [1.54, 1.807) is 25.1 Å². The van der Waals surface area contributed by atoms with Crippen LogP contribution in [0.5, 0.6) is 5.75 Å². The lowest BCUT2D eigenvalue weighted by molar-refractivity contribution is -0.144. The van der Waals surface area contributed by atoms with Gasteiger partial charge in [-0.3, -0.25) is 19.1 Å². The van der Waals surface area contributed by atoms with E-state index in [1.807, 2.05) is 6.92 Å². The summed E-state index contributed by atoms with van der Waals surface area (Å²) in [6, 6.07) is 6.56. The van der Waals surface area contributed by atoms with Crippen molar-refractivity contribution in [2.75, 3.05) is 18.2 Å². The first kappa shape index (κ1) is 24.4. The van der Waals surface area contributed by atoms with Gasteiger partial charge in [-0.25, -0.2) is 9.40 Å². The van der Waals surface area contributed by atoms with Crippen LogP contribution in [0, 0.1) is 5.82 Å². The Hall–Kier alpha value is -3.69. The second-order valence-corrected chi connectivity index (χ2v) is 8.53. The molecule has 0 N–H and O–H groups in total. The third-order valence-corrected chi connectivity index (χ3v) is 5.76. The van der Waals surface area contributed by atoms with Crippen molar-refractivity contribution in [3.63, 3.8) is 0 Å². The van der Waals surface area contributed by atoms with E-state index in [-0.39, 0.29) is 55.3 Å². The summed E-state index contributed by atoms with van der Waals surface area (Å²) in [6.45, 7) is 3.73. The van der Waals surface area contributed by atoms with Crippen LogP contribution in [0.2, 0.25) is 0 Å².